The van der Waals surface area contributed by atoms with Gasteiger partial charge in [-0.2, -0.15) is 8.42 Å². The van der Waals surface area contributed by atoms with Crippen molar-refractivity contribution in [3.8, 4) is 5.75 Å². The number of nitro groups is 1. The highest BCUT2D eigenvalue weighted by Gasteiger charge is 2.15. The molecule has 0 aliphatic rings. The number of benzene rings is 3. The van der Waals surface area contributed by atoms with Crippen LogP contribution < -0.4 is 4.18 Å². The maximum absolute atomic E-state index is 12.2. The largest absolute Gasteiger partial charge is 0.382 e. The molecule has 0 bridgehead atoms. The molecule has 24 heavy (non-hydrogen) atoms. The van der Waals surface area contributed by atoms with Gasteiger partial charge in [-0.05, 0) is 28.5 Å². The van der Waals surface area contributed by atoms with Crippen LogP contribution in [-0.4, -0.2) is 13.3 Å². The molecule has 0 aliphatic heterocycles. The Morgan fingerprint density at radius 2 is 1.58 bits per heavy atom. The lowest BCUT2D eigenvalue weighted by Gasteiger charge is -2.08. The summed E-state index contributed by atoms with van der Waals surface area (Å²) in [5.74, 6) is -0.131. The van der Waals surface area contributed by atoms with Crippen LogP contribution in [-0.2, 0) is 15.9 Å². The summed E-state index contributed by atoms with van der Waals surface area (Å²) in [6.07, 6.45) is 0. The van der Waals surface area contributed by atoms with Crippen molar-refractivity contribution in [2.45, 2.75) is 5.75 Å². The summed E-state index contributed by atoms with van der Waals surface area (Å²) < 4.78 is 29.5. The second-order valence-corrected chi connectivity index (χ2v) is 6.79. The minimum atomic E-state index is -3.86. The Morgan fingerprint density at radius 1 is 0.917 bits per heavy atom. The molecule has 0 radical (unpaired) electrons. The van der Waals surface area contributed by atoms with Gasteiger partial charge in [-0.1, -0.05) is 42.5 Å². The van der Waals surface area contributed by atoms with Gasteiger partial charge in [-0.15, -0.1) is 0 Å². The fraction of sp³-hybridized carbons (Fsp3) is 0.0588. The summed E-state index contributed by atoms with van der Waals surface area (Å²) in [4.78, 5) is 10.1. The van der Waals surface area contributed by atoms with Gasteiger partial charge in [0.1, 0.15) is 11.5 Å². The van der Waals surface area contributed by atoms with E-state index in [1.165, 1.54) is 24.3 Å². The van der Waals surface area contributed by atoms with E-state index in [2.05, 4.69) is 0 Å². The van der Waals surface area contributed by atoms with Crippen LogP contribution in [0.5, 0.6) is 5.75 Å². The molecule has 0 unspecified atom stereocenters. The lowest BCUT2D eigenvalue weighted by atomic mass is 10.1. The molecular weight excluding hydrogens is 330 g/mol. The third-order valence-electron chi connectivity index (χ3n) is 3.43. The lowest BCUT2D eigenvalue weighted by molar-refractivity contribution is -0.384. The SMILES string of the molecule is O=[N+]([O-])c1ccc(CS(=O)(=O)Oc2ccc3ccccc3c2)cc1. The molecule has 0 saturated carbocycles. The van der Waals surface area contributed by atoms with Gasteiger partial charge in [0, 0.05) is 12.1 Å². The van der Waals surface area contributed by atoms with Gasteiger partial charge in [0.05, 0.1) is 4.92 Å². The molecule has 6 nitrogen and oxygen atoms in total. The number of hydrogen-bond acceptors (Lipinski definition) is 5. The van der Waals surface area contributed by atoms with Gasteiger partial charge in [-0.25, -0.2) is 0 Å². The molecule has 122 valence electrons. The third kappa shape index (κ3) is 3.69. The molecule has 0 fully saturated rings. The molecule has 0 aromatic heterocycles. The topological polar surface area (TPSA) is 86.5 Å². The summed E-state index contributed by atoms with van der Waals surface area (Å²) in [5.41, 5.74) is 0.327. The molecule has 0 heterocycles. The zero-order chi connectivity index (χ0) is 17.2. The molecule has 0 spiro atoms. The first-order valence-electron chi connectivity index (χ1n) is 7.07. The number of rotatable bonds is 5. The highest BCUT2D eigenvalue weighted by Crippen LogP contribution is 2.23. The summed E-state index contributed by atoms with van der Waals surface area (Å²) in [6, 6.07) is 17.9. The maximum Gasteiger partial charge on any atom is 0.313 e. The second kappa shape index (κ2) is 6.29. The summed E-state index contributed by atoms with van der Waals surface area (Å²) in [5, 5.41) is 12.5. The minimum Gasteiger partial charge on any atom is -0.382 e. The van der Waals surface area contributed by atoms with Crippen molar-refractivity contribution in [2.24, 2.45) is 0 Å². The first kappa shape index (κ1) is 15.9. The Bertz CT molecular complexity index is 997. The average molecular weight is 343 g/mol. The normalized spacial score (nSPS) is 11.3. The molecule has 3 aromatic carbocycles. The van der Waals surface area contributed by atoms with E-state index in [1.54, 1.807) is 18.2 Å². The fourth-order valence-corrected chi connectivity index (χ4v) is 3.37. The van der Waals surface area contributed by atoms with Gasteiger partial charge >= 0.3 is 10.1 Å². The van der Waals surface area contributed by atoms with E-state index in [1.807, 2.05) is 24.3 Å². The standard InChI is InChI=1S/C17H13NO5S/c19-18(20)16-8-5-13(6-9-16)12-24(21,22)23-17-10-7-14-3-1-2-4-15(14)11-17/h1-11H,12H2. The zero-order valence-corrected chi connectivity index (χ0v) is 13.3. The molecule has 7 heteroatoms. The predicted molar refractivity (Wildman–Crippen MR) is 90.3 cm³/mol. The van der Waals surface area contributed by atoms with E-state index >= 15 is 0 Å². The van der Waals surface area contributed by atoms with Gasteiger partial charge in [0.25, 0.3) is 5.69 Å². The highest BCUT2D eigenvalue weighted by molar-refractivity contribution is 7.86. The minimum absolute atomic E-state index is 0.0911. The van der Waals surface area contributed by atoms with Gasteiger partial charge in [0.15, 0.2) is 0 Å². The average Bonchev–Trinajstić information content (AvgIpc) is 2.54. The molecule has 3 rings (SSSR count). The van der Waals surface area contributed by atoms with Crippen LogP contribution >= 0.6 is 0 Å². The zero-order valence-electron chi connectivity index (χ0n) is 12.5. The number of non-ortho nitro benzene ring substituents is 1. The van der Waals surface area contributed by atoms with E-state index in [-0.39, 0.29) is 17.2 Å². The Kier molecular flexibility index (Phi) is 4.18. The Morgan fingerprint density at radius 3 is 2.25 bits per heavy atom. The van der Waals surface area contributed by atoms with E-state index in [4.69, 9.17) is 4.18 Å². The summed E-state index contributed by atoms with van der Waals surface area (Å²) in [7, 11) is -3.86. The molecule has 0 amide bonds. The van der Waals surface area contributed by atoms with Crippen molar-refractivity contribution in [2.75, 3.05) is 0 Å². The highest BCUT2D eigenvalue weighted by atomic mass is 32.2. The van der Waals surface area contributed by atoms with Gasteiger partial charge in [-0.3, -0.25) is 10.1 Å². The molecule has 0 aliphatic carbocycles. The van der Waals surface area contributed by atoms with E-state index in [9.17, 15) is 18.5 Å². The molecular formula is C17H13NO5S. The van der Waals surface area contributed by atoms with Crippen LogP contribution in [0.1, 0.15) is 5.56 Å². The van der Waals surface area contributed by atoms with Crippen molar-refractivity contribution in [3.05, 3.63) is 82.4 Å². The van der Waals surface area contributed by atoms with Crippen molar-refractivity contribution in [3.63, 3.8) is 0 Å². The van der Waals surface area contributed by atoms with E-state index in [0.29, 0.717) is 5.56 Å². The number of fused-ring (bicyclic) bond motifs is 1. The van der Waals surface area contributed by atoms with E-state index in [0.717, 1.165) is 10.8 Å². The Labute approximate surface area is 138 Å². The van der Waals surface area contributed by atoms with Crippen molar-refractivity contribution in [1.29, 1.82) is 0 Å². The second-order valence-electron chi connectivity index (χ2n) is 5.22. The van der Waals surface area contributed by atoms with Crippen LogP contribution in [0.3, 0.4) is 0 Å². The van der Waals surface area contributed by atoms with Crippen LogP contribution in [0.4, 0.5) is 5.69 Å². The van der Waals surface area contributed by atoms with Gasteiger partial charge < -0.3 is 4.18 Å². The van der Waals surface area contributed by atoms with Crippen molar-refractivity contribution < 1.29 is 17.5 Å². The summed E-state index contributed by atoms with van der Waals surface area (Å²) >= 11 is 0. The Hall–Kier alpha value is -2.93. The fourth-order valence-electron chi connectivity index (χ4n) is 2.31. The summed E-state index contributed by atoms with van der Waals surface area (Å²) in [6.45, 7) is 0. The smallest absolute Gasteiger partial charge is 0.313 e. The first-order chi connectivity index (χ1) is 11.4. The third-order valence-corrected chi connectivity index (χ3v) is 4.57. The van der Waals surface area contributed by atoms with Gasteiger partial charge in [0.2, 0.25) is 0 Å². The maximum atomic E-state index is 12.2. The predicted octanol–water partition coefficient (Wildman–Crippen LogP) is 3.66. The van der Waals surface area contributed by atoms with Crippen LogP contribution in [0, 0.1) is 10.1 Å². The number of hydrogen-bond donors (Lipinski definition) is 0. The van der Waals surface area contributed by atoms with Crippen LogP contribution in [0.15, 0.2) is 66.7 Å². The van der Waals surface area contributed by atoms with E-state index < -0.39 is 15.0 Å². The number of nitro benzene ring substituents is 1. The molecule has 0 saturated heterocycles. The lowest BCUT2D eigenvalue weighted by Crippen LogP contribution is -2.12. The van der Waals surface area contributed by atoms with Crippen LogP contribution in [0.2, 0.25) is 0 Å². The number of nitrogens with zero attached hydrogens (tertiary/aromatic N) is 1. The quantitative estimate of drug-likeness (QED) is 0.401. The molecule has 0 N–H and O–H groups in total. The van der Waals surface area contributed by atoms with Crippen molar-refractivity contribution in [1.82, 2.24) is 0 Å². The monoisotopic (exact) mass is 343 g/mol. The van der Waals surface area contributed by atoms with Crippen LogP contribution in [0.25, 0.3) is 10.8 Å². The first-order valence-corrected chi connectivity index (χ1v) is 8.65. The molecule has 3 aromatic rings. The van der Waals surface area contributed by atoms with Crippen molar-refractivity contribution >= 4 is 26.6 Å². The Balaban J connectivity index is 1.78. The molecule has 0 atom stereocenters.